The van der Waals surface area contributed by atoms with E-state index >= 15 is 0 Å². The zero-order valence-electron chi connectivity index (χ0n) is 11.0. The van der Waals surface area contributed by atoms with Crippen LogP contribution in [0.1, 0.15) is 41.4 Å². The molecule has 2 N–H and O–H groups in total. The highest BCUT2D eigenvalue weighted by Gasteiger charge is 2.24. The lowest BCUT2D eigenvalue weighted by Gasteiger charge is -2.12. The lowest BCUT2D eigenvalue weighted by Crippen LogP contribution is -2.11. The minimum absolute atomic E-state index is 0.187. The van der Waals surface area contributed by atoms with E-state index in [0.717, 1.165) is 36.2 Å². The van der Waals surface area contributed by atoms with Crippen molar-refractivity contribution < 1.29 is 4.79 Å². The van der Waals surface area contributed by atoms with Gasteiger partial charge in [0, 0.05) is 17.8 Å². The number of hydrogen-bond donors (Lipinski definition) is 2. The standard InChI is InChI=1S/C15H17N3O/c1-2-10-6-3-4-7-11(10)16-15-14-12(17-18-15)8-5-9-13(14)19/h3-4,6-7H,2,5,8-9H2,1H3,(H2,16,17,18). The number of carbonyl (C=O) groups is 1. The fourth-order valence-electron chi connectivity index (χ4n) is 2.58. The van der Waals surface area contributed by atoms with Crippen LogP contribution in [0.3, 0.4) is 0 Å². The van der Waals surface area contributed by atoms with Crippen LogP contribution in [-0.2, 0) is 12.8 Å². The molecule has 0 fully saturated rings. The Labute approximate surface area is 112 Å². The van der Waals surface area contributed by atoms with Crippen LogP contribution >= 0.6 is 0 Å². The molecule has 0 spiro atoms. The first-order valence-electron chi connectivity index (χ1n) is 6.75. The molecule has 0 aliphatic heterocycles. The maximum absolute atomic E-state index is 12.0. The van der Waals surface area contributed by atoms with Gasteiger partial charge in [0.15, 0.2) is 11.6 Å². The van der Waals surface area contributed by atoms with Crippen molar-refractivity contribution in [1.29, 1.82) is 0 Å². The molecule has 1 aliphatic carbocycles. The summed E-state index contributed by atoms with van der Waals surface area (Å²) in [6.07, 6.45) is 3.39. The molecule has 4 nitrogen and oxygen atoms in total. The second kappa shape index (κ2) is 4.88. The minimum Gasteiger partial charge on any atom is -0.338 e. The summed E-state index contributed by atoms with van der Waals surface area (Å²) in [6.45, 7) is 2.12. The van der Waals surface area contributed by atoms with Gasteiger partial charge in [-0.1, -0.05) is 25.1 Å². The third-order valence-electron chi connectivity index (χ3n) is 3.60. The van der Waals surface area contributed by atoms with Gasteiger partial charge in [-0.2, -0.15) is 5.10 Å². The number of aromatic amines is 1. The van der Waals surface area contributed by atoms with Crippen LogP contribution in [0.4, 0.5) is 11.5 Å². The zero-order chi connectivity index (χ0) is 13.2. The molecule has 1 aromatic heterocycles. The van der Waals surface area contributed by atoms with Gasteiger partial charge in [0.25, 0.3) is 0 Å². The third-order valence-corrected chi connectivity index (χ3v) is 3.60. The van der Waals surface area contributed by atoms with Crippen molar-refractivity contribution >= 4 is 17.3 Å². The number of para-hydroxylation sites is 1. The van der Waals surface area contributed by atoms with Gasteiger partial charge in [0.2, 0.25) is 0 Å². The van der Waals surface area contributed by atoms with E-state index in [-0.39, 0.29) is 5.78 Å². The Balaban J connectivity index is 1.96. The molecule has 1 aliphatic rings. The van der Waals surface area contributed by atoms with Gasteiger partial charge in [-0.15, -0.1) is 0 Å². The molecular formula is C15H17N3O. The van der Waals surface area contributed by atoms with Crippen molar-refractivity contribution in [3.63, 3.8) is 0 Å². The molecule has 2 aromatic rings. The topological polar surface area (TPSA) is 57.8 Å². The molecule has 0 radical (unpaired) electrons. The SMILES string of the molecule is CCc1ccccc1Nc1n[nH]c2c1C(=O)CCC2. The van der Waals surface area contributed by atoms with Gasteiger partial charge in [-0.05, 0) is 30.9 Å². The minimum atomic E-state index is 0.187. The summed E-state index contributed by atoms with van der Waals surface area (Å²) in [4.78, 5) is 12.0. The van der Waals surface area contributed by atoms with E-state index in [0.29, 0.717) is 12.2 Å². The normalized spacial score (nSPS) is 14.3. The number of H-pyrrole nitrogens is 1. The van der Waals surface area contributed by atoms with Crippen molar-refractivity contribution in [2.24, 2.45) is 0 Å². The molecule has 0 bridgehead atoms. The average molecular weight is 255 g/mol. The number of hydrogen-bond acceptors (Lipinski definition) is 3. The van der Waals surface area contributed by atoms with Crippen molar-refractivity contribution in [2.75, 3.05) is 5.32 Å². The second-order valence-corrected chi connectivity index (χ2v) is 4.84. The first kappa shape index (κ1) is 12.0. The Morgan fingerprint density at radius 1 is 1.32 bits per heavy atom. The number of benzene rings is 1. The molecular weight excluding hydrogens is 238 g/mol. The smallest absolute Gasteiger partial charge is 0.168 e. The van der Waals surface area contributed by atoms with Crippen LogP contribution in [0.15, 0.2) is 24.3 Å². The first-order chi connectivity index (χ1) is 9.29. The zero-order valence-corrected chi connectivity index (χ0v) is 11.0. The van der Waals surface area contributed by atoms with E-state index < -0.39 is 0 Å². The number of ketones is 1. The molecule has 1 heterocycles. The lowest BCUT2D eigenvalue weighted by atomic mass is 9.96. The van der Waals surface area contributed by atoms with Crippen LogP contribution in [0.2, 0.25) is 0 Å². The van der Waals surface area contributed by atoms with Crippen molar-refractivity contribution in [2.45, 2.75) is 32.6 Å². The van der Waals surface area contributed by atoms with Gasteiger partial charge in [0.05, 0.1) is 5.56 Å². The van der Waals surface area contributed by atoms with Crippen molar-refractivity contribution in [1.82, 2.24) is 10.2 Å². The van der Waals surface area contributed by atoms with E-state index in [1.807, 2.05) is 18.2 Å². The van der Waals surface area contributed by atoms with E-state index in [9.17, 15) is 4.79 Å². The summed E-state index contributed by atoms with van der Waals surface area (Å²) in [7, 11) is 0. The quantitative estimate of drug-likeness (QED) is 0.885. The summed E-state index contributed by atoms with van der Waals surface area (Å²) < 4.78 is 0. The van der Waals surface area contributed by atoms with Crippen molar-refractivity contribution in [3.8, 4) is 0 Å². The molecule has 0 amide bonds. The molecule has 0 saturated carbocycles. The third kappa shape index (κ3) is 2.14. The predicted molar refractivity (Wildman–Crippen MR) is 75.0 cm³/mol. The summed E-state index contributed by atoms with van der Waals surface area (Å²) in [6, 6.07) is 8.12. The fourth-order valence-corrected chi connectivity index (χ4v) is 2.58. The summed E-state index contributed by atoms with van der Waals surface area (Å²) in [5.74, 6) is 0.854. The summed E-state index contributed by atoms with van der Waals surface area (Å²) in [5, 5.41) is 10.5. The number of nitrogens with zero attached hydrogens (tertiary/aromatic N) is 1. The molecule has 19 heavy (non-hydrogen) atoms. The Bertz CT molecular complexity index is 616. The summed E-state index contributed by atoms with van der Waals surface area (Å²) >= 11 is 0. The van der Waals surface area contributed by atoms with E-state index in [1.54, 1.807) is 0 Å². The number of rotatable bonds is 3. The molecule has 1 aromatic carbocycles. The number of aromatic nitrogens is 2. The van der Waals surface area contributed by atoms with Crippen LogP contribution in [0.25, 0.3) is 0 Å². The average Bonchev–Trinajstić information content (AvgIpc) is 2.84. The van der Waals surface area contributed by atoms with Crippen LogP contribution < -0.4 is 5.32 Å². The molecule has 4 heteroatoms. The van der Waals surface area contributed by atoms with Crippen LogP contribution in [0, 0.1) is 0 Å². The predicted octanol–water partition coefficient (Wildman–Crippen LogP) is 3.23. The van der Waals surface area contributed by atoms with E-state index in [1.165, 1.54) is 5.56 Å². The van der Waals surface area contributed by atoms with Crippen LogP contribution in [0.5, 0.6) is 0 Å². The maximum atomic E-state index is 12.0. The number of carbonyl (C=O) groups excluding carboxylic acids is 1. The van der Waals surface area contributed by atoms with Gasteiger partial charge < -0.3 is 5.32 Å². The maximum Gasteiger partial charge on any atom is 0.168 e. The highest BCUT2D eigenvalue weighted by atomic mass is 16.1. The summed E-state index contributed by atoms with van der Waals surface area (Å²) in [5.41, 5.74) is 3.96. The Kier molecular flexibility index (Phi) is 3.07. The van der Waals surface area contributed by atoms with Crippen LogP contribution in [-0.4, -0.2) is 16.0 Å². The number of Topliss-reactive ketones (excluding diaryl/α,β-unsaturated/α-hetero) is 1. The highest BCUT2D eigenvalue weighted by Crippen LogP contribution is 2.28. The molecule has 0 saturated heterocycles. The fraction of sp³-hybridized carbons (Fsp3) is 0.333. The molecule has 0 atom stereocenters. The number of anilines is 2. The van der Waals surface area contributed by atoms with Gasteiger partial charge in [-0.3, -0.25) is 9.89 Å². The number of fused-ring (bicyclic) bond motifs is 1. The van der Waals surface area contributed by atoms with E-state index in [2.05, 4.69) is 28.5 Å². The Hall–Kier alpha value is -2.10. The van der Waals surface area contributed by atoms with Crippen molar-refractivity contribution in [3.05, 3.63) is 41.1 Å². The highest BCUT2D eigenvalue weighted by molar-refractivity contribution is 6.03. The lowest BCUT2D eigenvalue weighted by molar-refractivity contribution is 0.0973. The van der Waals surface area contributed by atoms with E-state index in [4.69, 9.17) is 0 Å². The first-order valence-corrected chi connectivity index (χ1v) is 6.75. The monoisotopic (exact) mass is 255 g/mol. The molecule has 3 rings (SSSR count). The van der Waals surface area contributed by atoms with Gasteiger partial charge >= 0.3 is 0 Å². The number of nitrogens with one attached hydrogen (secondary N) is 2. The molecule has 98 valence electrons. The second-order valence-electron chi connectivity index (χ2n) is 4.84. The molecule has 0 unspecified atom stereocenters. The van der Waals surface area contributed by atoms with Gasteiger partial charge in [-0.25, -0.2) is 0 Å². The largest absolute Gasteiger partial charge is 0.338 e. The van der Waals surface area contributed by atoms with Gasteiger partial charge in [0.1, 0.15) is 0 Å². The number of aryl methyl sites for hydroxylation is 2. The Morgan fingerprint density at radius 3 is 3.00 bits per heavy atom. The Morgan fingerprint density at radius 2 is 2.16 bits per heavy atom.